The van der Waals surface area contributed by atoms with Crippen LogP contribution in [0.1, 0.15) is 42.6 Å². The molecule has 20 heavy (non-hydrogen) atoms. The number of hydrogen-bond acceptors (Lipinski definition) is 5. The molecule has 0 N–H and O–H groups in total. The van der Waals surface area contributed by atoms with Gasteiger partial charge < -0.3 is 9.64 Å². The van der Waals surface area contributed by atoms with Crippen molar-refractivity contribution in [2.24, 2.45) is 0 Å². The van der Waals surface area contributed by atoms with Gasteiger partial charge in [0.25, 0.3) is 5.91 Å². The zero-order valence-electron chi connectivity index (χ0n) is 11.5. The second-order valence-electron chi connectivity index (χ2n) is 4.82. The number of carbonyl (C=O) groups is 2. The van der Waals surface area contributed by atoms with Crippen molar-refractivity contribution in [1.82, 2.24) is 14.9 Å². The predicted octanol–water partition coefficient (Wildman–Crippen LogP) is 1.43. The lowest BCUT2D eigenvalue weighted by molar-refractivity contribution is -0.134. The number of aromatic nitrogens is 2. The summed E-state index contributed by atoms with van der Waals surface area (Å²) >= 11 is 0. The van der Waals surface area contributed by atoms with Crippen molar-refractivity contribution in [2.75, 3.05) is 19.7 Å². The number of ether oxygens (including phenoxy) is 1. The minimum Gasteiger partial charge on any atom is -0.451 e. The minimum atomic E-state index is -0.613. The molecule has 6 nitrogen and oxygen atoms in total. The Hall–Kier alpha value is -1.98. The zero-order valence-corrected chi connectivity index (χ0v) is 11.5. The third kappa shape index (κ3) is 4.29. The van der Waals surface area contributed by atoms with E-state index in [2.05, 4.69) is 9.97 Å². The summed E-state index contributed by atoms with van der Waals surface area (Å²) in [5, 5.41) is 0. The standard InChI is InChI=1S/C14H19N3O3/c18-13(17-8-4-2-1-3-5-9-17)11-20-14(19)12-10-15-6-7-16-12/h6-7,10H,1-5,8-9,11H2. The highest BCUT2D eigenvalue weighted by Crippen LogP contribution is 2.10. The quantitative estimate of drug-likeness (QED) is 0.781. The van der Waals surface area contributed by atoms with E-state index in [0.29, 0.717) is 0 Å². The summed E-state index contributed by atoms with van der Waals surface area (Å²) in [5.41, 5.74) is 0.118. The third-order valence-electron chi connectivity index (χ3n) is 3.31. The van der Waals surface area contributed by atoms with Crippen LogP contribution in [0.5, 0.6) is 0 Å². The predicted molar refractivity (Wildman–Crippen MR) is 72.0 cm³/mol. The molecule has 0 aromatic carbocycles. The van der Waals surface area contributed by atoms with Crippen molar-refractivity contribution in [3.05, 3.63) is 24.3 Å². The van der Waals surface area contributed by atoms with Gasteiger partial charge in [0.1, 0.15) is 0 Å². The maximum atomic E-state index is 12.0. The van der Waals surface area contributed by atoms with Crippen molar-refractivity contribution in [1.29, 1.82) is 0 Å². The van der Waals surface area contributed by atoms with Gasteiger partial charge in [0.05, 0.1) is 6.20 Å². The lowest BCUT2D eigenvalue weighted by Crippen LogP contribution is -2.37. The van der Waals surface area contributed by atoms with Crippen LogP contribution in [0.25, 0.3) is 0 Å². The first-order chi connectivity index (χ1) is 9.77. The second kappa shape index (κ2) is 7.57. The third-order valence-corrected chi connectivity index (χ3v) is 3.31. The van der Waals surface area contributed by atoms with Crippen LogP contribution < -0.4 is 0 Å². The van der Waals surface area contributed by atoms with Crippen molar-refractivity contribution < 1.29 is 14.3 Å². The van der Waals surface area contributed by atoms with Crippen molar-refractivity contribution in [3.8, 4) is 0 Å². The maximum Gasteiger partial charge on any atom is 0.359 e. The first-order valence-corrected chi connectivity index (χ1v) is 6.98. The first kappa shape index (κ1) is 14.4. The highest BCUT2D eigenvalue weighted by Gasteiger charge is 2.17. The number of amides is 1. The molecular weight excluding hydrogens is 258 g/mol. The molecule has 1 aromatic rings. The lowest BCUT2D eigenvalue weighted by atomic mass is 10.1. The summed E-state index contributed by atoms with van der Waals surface area (Å²) in [6.45, 7) is 1.28. The van der Waals surface area contributed by atoms with Gasteiger partial charge in [-0.1, -0.05) is 19.3 Å². The Kier molecular flexibility index (Phi) is 5.46. The van der Waals surface area contributed by atoms with Gasteiger partial charge in [0, 0.05) is 25.5 Å². The van der Waals surface area contributed by atoms with E-state index in [9.17, 15) is 9.59 Å². The van der Waals surface area contributed by atoms with E-state index < -0.39 is 5.97 Å². The zero-order chi connectivity index (χ0) is 14.2. The molecule has 1 fully saturated rings. The molecule has 0 aliphatic carbocycles. The van der Waals surface area contributed by atoms with Crippen LogP contribution in [0, 0.1) is 0 Å². The molecule has 1 aromatic heterocycles. The van der Waals surface area contributed by atoms with E-state index in [1.807, 2.05) is 0 Å². The lowest BCUT2D eigenvalue weighted by Gasteiger charge is -2.24. The molecule has 108 valence electrons. The van der Waals surface area contributed by atoms with Crippen LogP contribution in [0.2, 0.25) is 0 Å². The van der Waals surface area contributed by atoms with Crippen LogP contribution in [-0.4, -0.2) is 46.4 Å². The monoisotopic (exact) mass is 277 g/mol. The van der Waals surface area contributed by atoms with Gasteiger partial charge in [-0.15, -0.1) is 0 Å². The van der Waals surface area contributed by atoms with Crippen molar-refractivity contribution in [3.63, 3.8) is 0 Å². The van der Waals surface area contributed by atoms with Crippen LogP contribution >= 0.6 is 0 Å². The van der Waals surface area contributed by atoms with Gasteiger partial charge in [-0.05, 0) is 12.8 Å². The summed E-state index contributed by atoms with van der Waals surface area (Å²) in [4.78, 5) is 33.1. The summed E-state index contributed by atoms with van der Waals surface area (Å²) in [7, 11) is 0. The first-order valence-electron chi connectivity index (χ1n) is 6.98. The number of likely N-dealkylation sites (tertiary alicyclic amines) is 1. The van der Waals surface area contributed by atoms with Gasteiger partial charge in [-0.2, -0.15) is 0 Å². The number of nitrogens with zero attached hydrogens (tertiary/aromatic N) is 3. The molecule has 0 radical (unpaired) electrons. The highest BCUT2D eigenvalue weighted by molar-refractivity contribution is 5.89. The van der Waals surface area contributed by atoms with Crippen LogP contribution in [0.4, 0.5) is 0 Å². The Morgan fingerprint density at radius 2 is 1.80 bits per heavy atom. The molecule has 6 heteroatoms. The van der Waals surface area contributed by atoms with Crippen LogP contribution in [-0.2, 0) is 9.53 Å². The second-order valence-corrected chi connectivity index (χ2v) is 4.82. The summed E-state index contributed by atoms with van der Waals surface area (Å²) in [6, 6.07) is 0. The number of hydrogen-bond donors (Lipinski definition) is 0. The molecule has 1 aliphatic heterocycles. The maximum absolute atomic E-state index is 12.0. The Morgan fingerprint density at radius 3 is 2.45 bits per heavy atom. The van der Waals surface area contributed by atoms with E-state index in [4.69, 9.17) is 4.74 Å². The van der Waals surface area contributed by atoms with E-state index >= 15 is 0 Å². The number of esters is 1. The molecule has 0 bridgehead atoms. The summed E-state index contributed by atoms with van der Waals surface area (Å²) in [5.74, 6) is -0.748. The fourth-order valence-corrected chi connectivity index (χ4v) is 2.19. The molecule has 0 saturated carbocycles. The average molecular weight is 277 g/mol. The van der Waals surface area contributed by atoms with Crippen LogP contribution in [0.3, 0.4) is 0 Å². The Morgan fingerprint density at radius 1 is 1.10 bits per heavy atom. The van der Waals surface area contributed by atoms with Crippen molar-refractivity contribution >= 4 is 11.9 Å². The molecule has 2 rings (SSSR count). The molecule has 1 aliphatic rings. The SMILES string of the molecule is O=C(OCC(=O)N1CCCCCCC1)c1cnccn1. The topological polar surface area (TPSA) is 72.4 Å². The fraction of sp³-hybridized carbons (Fsp3) is 0.571. The minimum absolute atomic E-state index is 0.118. The smallest absolute Gasteiger partial charge is 0.359 e. The summed E-state index contributed by atoms with van der Waals surface area (Å²) < 4.78 is 4.98. The molecule has 0 spiro atoms. The average Bonchev–Trinajstić information content (AvgIpc) is 2.45. The Balaban J connectivity index is 1.80. The molecular formula is C14H19N3O3. The number of rotatable bonds is 3. The van der Waals surface area contributed by atoms with Gasteiger partial charge in [0.15, 0.2) is 12.3 Å². The van der Waals surface area contributed by atoms with E-state index in [1.165, 1.54) is 25.0 Å². The van der Waals surface area contributed by atoms with Gasteiger partial charge in [-0.3, -0.25) is 9.78 Å². The largest absolute Gasteiger partial charge is 0.451 e. The van der Waals surface area contributed by atoms with Gasteiger partial charge in [0.2, 0.25) is 0 Å². The molecule has 1 saturated heterocycles. The van der Waals surface area contributed by atoms with E-state index in [1.54, 1.807) is 4.90 Å². The molecule has 0 unspecified atom stereocenters. The fourth-order valence-electron chi connectivity index (χ4n) is 2.19. The molecule has 2 heterocycles. The highest BCUT2D eigenvalue weighted by atomic mass is 16.5. The molecule has 0 atom stereocenters. The van der Waals surface area contributed by atoms with Crippen LogP contribution in [0.15, 0.2) is 18.6 Å². The normalized spacial score (nSPS) is 16.1. The Labute approximate surface area is 118 Å². The van der Waals surface area contributed by atoms with E-state index in [0.717, 1.165) is 38.8 Å². The van der Waals surface area contributed by atoms with E-state index in [-0.39, 0.29) is 18.2 Å². The van der Waals surface area contributed by atoms with Gasteiger partial charge >= 0.3 is 5.97 Å². The number of carbonyl (C=O) groups excluding carboxylic acids is 2. The van der Waals surface area contributed by atoms with Gasteiger partial charge in [-0.25, -0.2) is 9.78 Å². The van der Waals surface area contributed by atoms with Crippen molar-refractivity contribution in [2.45, 2.75) is 32.1 Å². The Bertz CT molecular complexity index is 442. The summed E-state index contributed by atoms with van der Waals surface area (Å²) in [6.07, 6.45) is 9.80. The molecule has 1 amide bonds.